The smallest absolute Gasteiger partial charge is 0.123 e. The molecule has 8 heteroatoms. The lowest BCUT2D eigenvalue weighted by Gasteiger charge is -2.12. The van der Waals surface area contributed by atoms with Crippen molar-refractivity contribution in [2.75, 3.05) is 0 Å². The fourth-order valence-corrected chi connectivity index (χ4v) is 7.24. The molecule has 0 saturated heterocycles. The van der Waals surface area contributed by atoms with Crippen molar-refractivity contribution in [1.29, 1.82) is 0 Å². The summed E-state index contributed by atoms with van der Waals surface area (Å²) in [5.74, 6) is -1.26. The van der Waals surface area contributed by atoms with E-state index in [4.69, 9.17) is 19.9 Å². The molecule has 0 atom stereocenters. The quantitative estimate of drug-likeness (QED) is 0.157. The zero-order chi connectivity index (χ0) is 42.7. The highest BCUT2D eigenvalue weighted by Crippen LogP contribution is 2.34. The van der Waals surface area contributed by atoms with Gasteiger partial charge in [0.15, 0.2) is 0 Å². The molecule has 0 bridgehead atoms. The second kappa shape index (κ2) is 17.0. The summed E-state index contributed by atoms with van der Waals surface area (Å²) in [6.45, 7) is 4.08. The number of rotatable bonds is 6. The second-order valence-corrected chi connectivity index (χ2v) is 15.0. The van der Waals surface area contributed by atoms with Crippen LogP contribution in [-0.4, -0.2) is 19.9 Å². The van der Waals surface area contributed by atoms with Crippen LogP contribution in [0.3, 0.4) is 0 Å². The van der Waals surface area contributed by atoms with Gasteiger partial charge in [-0.3, -0.25) is 0 Å². The SMILES string of the molecule is Cc1ccc(-c2ccc(-c3ccc4nc(-c5ccc(F)cc5)c(-c5ccc(F)cc5)nc4c3)cc2)cc1.Cc1ccc2nc(-c3ccc(F)cc3)c(-c3ccc(F)cc3)nc2c1. The average molecular weight is 817 g/mol. The summed E-state index contributed by atoms with van der Waals surface area (Å²) in [6.07, 6.45) is 0. The molecule has 4 nitrogen and oxygen atoms in total. The maximum Gasteiger partial charge on any atom is 0.123 e. The molecule has 300 valence electrons. The molecule has 0 saturated carbocycles. The van der Waals surface area contributed by atoms with Crippen molar-refractivity contribution in [2.45, 2.75) is 13.8 Å². The summed E-state index contributed by atoms with van der Waals surface area (Å²) >= 11 is 0. The summed E-state index contributed by atoms with van der Waals surface area (Å²) in [5, 5.41) is 0. The van der Waals surface area contributed by atoms with Crippen molar-refractivity contribution in [3.05, 3.63) is 216 Å². The van der Waals surface area contributed by atoms with Crippen LogP contribution in [0.15, 0.2) is 182 Å². The minimum Gasteiger partial charge on any atom is -0.244 e. The fourth-order valence-electron chi connectivity index (χ4n) is 7.24. The largest absolute Gasteiger partial charge is 0.244 e. The minimum absolute atomic E-state index is 0.309. The van der Waals surface area contributed by atoms with Crippen molar-refractivity contribution >= 4 is 22.1 Å². The van der Waals surface area contributed by atoms with E-state index in [2.05, 4.69) is 55.5 Å². The molecular weight excluding hydrogens is 781 g/mol. The van der Waals surface area contributed by atoms with Crippen LogP contribution in [0.2, 0.25) is 0 Å². The number of halogens is 4. The lowest BCUT2D eigenvalue weighted by Crippen LogP contribution is -1.96. The summed E-state index contributed by atoms with van der Waals surface area (Å²) < 4.78 is 53.8. The molecule has 0 unspecified atom stereocenters. The van der Waals surface area contributed by atoms with Crippen LogP contribution in [-0.2, 0) is 0 Å². The molecular formula is C54H36F4N4. The number of aryl methyl sites for hydroxylation is 2. The molecule has 0 radical (unpaired) electrons. The lowest BCUT2D eigenvalue weighted by molar-refractivity contribution is 0.627. The maximum absolute atomic E-state index is 13.6. The van der Waals surface area contributed by atoms with Crippen LogP contribution in [0.25, 0.3) is 89.4 Å². The first-order valence-electron chi connectivity index (χ1n) is 19.9. The van der Waals surface area contributed by atoms with Crippen LogP contribution in [0.1, 0.15) is 11.1 Å². The Hall–Kier alpha value is -7.84. The fraction of sp³-hybridized carbons (Fsp3) is 0.0370. The first kappa shape index (κ1) is 39.6. The normalized spacial score (nSPS) is 11.1. The number of nitrogens with zero attached hydrogens (tertiary/aromatic N) is 4. The zero-order valence-electron chi connectivity index (χ0n) is 33.6. The molecule has 10 rings (SSSR count). The van der Waals surface area contributed by atoms with Crippen molar-refractivity contribution < 1.29 is 17.6 Å². The lowest BCUT2D eigenvalue weighted by atomic mass is 9.99. The van der Waals surface area contributed by atoms with Crippen LogP contribution < -0.4 is 0 Å². The van der Waals surface area contributed by atoms with Crippen molar-refractivity contribution in [1.82, 2.24) is 19.9 Å². The maximum atomic E-state index is 13.6. The van der Waals surface area contributed by atoms with Gasteiger partial charge in [-0.05, 0) is 163 Å². The average Bonchev–Trinajstić information content (AvgIpc) is 3.30. The topological polar surface area (TPSA) is 51.6 Å². The molecule has 0 spiro atoms. The summed E-state index contributed by atoms with van der Waals surface area (Å²) in [4.78, 5) is 19.3. The van der Waals surface area contributed by atoms with E-state index in [1.165, 1.54) is 59.7 Å². The number of aromatic nitrogens is 4. The Morgan fingerprint density at radius 1 is 0.242 bits per heavy atom. The third kappa shape index (κ3) is 8.58. The van der Waals surface area contributed by atoms with Gasteiger partial charge < -0.3 is 0 Å². The van der Waals surface area contributed by atoms with E-state index in [9.17, 15) is 17.6 Å². The van der Waals surface area contributed by atoms with Gasteiger partial charge in [0, 0.05) is 22.3 Å². The molecule has 0 aliphatic heterocycles. The predicted octanol–water partition coefficient (Wildman–Crippen LogP) is 14.4. The summed E-state index contributed by atoms with van der Waals surface area (Å²) in [5.41, 5.74) is 15.3. The molecule has 0 amide bonds. The molecule has 0 aliphatic carbocycles. The van der Waals surface area contributed by atoms with E-state index >= 15 is 0 Å². The van der Waals surface area contributed by atoms with Gasteiger partial charge in [-0.15, -0.1) is 0 Å². The number of fused-ring (bicyclic) bond motifs is 2. The van der Waals surface area contributed by atoms with Gasteiger partial charge in [-0.2, -0.15) is 0 Å². The Balaban J connectivity index is 0.000000171. The van der Waals surface area contributed by atoms with Gasteiger partial charge >= 0.3 is 0 Å². The molecule has 10 aromatic rings. The first-order valence-corrected chi connectivity index (χ1v) is 19.9. The Morgan fingerprint density at radius 3 is 0.887 bits per heavy atom. The molecule has 2 aromatic heterocycles. The van der Waals surface area contributed by atoms with E-state index in [1.807, 2.05) is 43.3 Å². The van der Waals surface area contributed by atoms with E-state index in [0.29, 0.717) is 22.8 Å². The van der Waals surface area contributed by atoms with Crippen molar-refractivity contribution in [3.63, 3.8) is 0 Å². The standard InChI is InChI=1S/C33H22F2N2.C21H14F2N2/c1-21-2-4-22(5-3-21)23-6-8-24(9-7-23)27-14-19-30-31(20-27)37-33(26-12-17-29(35)18-13-26)32(36-30)25-10-15-28(34)16-11-25;1-13-2-11-18-19(12-13)25-21(15-5-9-17(23)10-6-15)20(24-18)14-3-7-16(22)8-4-14/h2-20H,1H3;2-12H,1H3. The van der Waals surface area contributed by atoms with E-state index < -0.39 is 0 Å². The summed E-state index contributed by atoms with van der Waals surface area (Å²) in [7, 11) is 0. The van der Waals surface area contributed by atoms with Gasteiger partial charge in [-0.25, -0.2) is 37.5 Å². The van der Waals surface area contributed by atoms with Crippen molar-refractivity contribution in [2.24, 2.45) is 0 Å². The number of benzene rings is 8. The third-order valence-electron chi connectivity index (χ3n) is 10.6. The number of hydrogen-bond donors (Lipinski definition) is 0. The molecule has 8 aromatic carbocycles. The van der Waals surface area contributed by atoms with Crippen LogP contribution in [0.4, 0.5) is 17.6 Å². The van der Waals surface area contributed by atoms with Crippen LogP contribution in [0, 0.1) is 37.1 Å². The van der Waals surface area contributed by atoms with Gasteiger partial charge in [0.05, 0.1) is 44.8 Å². The highest BCUT2D eigenvalue weighted by molar-refractivity contribution is 5.89. The molecule has 62 heavy (non-hydrogen) atoms. The highest BCUT2D eigenvalue weighted by atomic mass is 19.1. The Morgan fingerprint density at radius 2 is 0.500 bits per heavy atom. The van der Waals surface area contributed by atoms with Crippen LogP contribution >= 0.6 is 0 Å². The van der Waals surface area contributed by atoms with Crippen molar-refractivity contribution in [3.8, 4) is 67.3 Å². The predicted molar refractivity (Wildman–Crippen MR) is 241 cm³/mol. The highest BCUT2D eigenvalue weighted by Gasteiger charge is 2.16. The van der Waals surface area contributed by atoms with Gasteiger partial charge in [0.25, 0.3) is 0 Å². The van der Waals surface area contributed by atoms with Gasteiger partial charge in [0.1, 0.15) is 23.3 Å². The van der Waals surface area contributed by atoms with E-state index in [-0.39, 0.29) is 23.3 Å². The van der Waals surface area contributed by atoms with Crippen LogP contribution in [0.5, 0.6) is 0 Å². The molecule has 2 heterocycles. The monoisotopic (exact) mass is 816 g/mol. The molecule has 0 aliphatic rings. The van der Waals surface area contributed by atoms with E-state index in [1.54, 1.807) is 48.5 Å². The zero-order valence-corrected chi connectivity index (χ0v) is 33.6. The van der Waals surface area contributed by atoms with E-state index in [0.717, 1.165) is 66.6 Å². The minimum atomic E-state index is -0.322. The van der Waals surface area contributed by atoms with Gasteiger partial charge in [-0.1, -0.05) is 66.2 Å². The summed E-state index contributed by atoms with van der Waals surface area (Å²) in [6, 6.07) is 53.4. The molecule has 0 fully saturated rings. The Bertz CT molecular complexity index is 3190. The van der Waals surface area contributed by atoms with Gasteiger partial charge in [0.2, 0.25) is 0 Å². The number of hydrogen-bond acceptors (Lipinski definition) is 4. The Kier molecular flexibility index (Phi) is 10.9. The second-order valence-electron chi connectivity index (χ2n) is 15.0. The first-order chi connectivity index (χ1) is 30.1. The Labute approximate surface area is 355 Å². The molecule has 0 N–H and O–H groups in total. The third-order valence-corrected chi connectivity index (χ3v) is 10.6.